The topological polar surface area (TPSA) is 73.1 Å². The van der Waals surface area contributed by atoms with Crippen molar-refractivity contribution in [2.75, 3.05) is 5.32 Å². The van der Waals surface area contributed by atoms with Crippen molar-refractivity contribution < 1.29 is 4.79 Å². The van der Waals surface area contributed by atoms with Gasteiger partial charge in [0.25, 0.3) is 5.56 Å². The first-order valence-electron chi connectivity index (χ1n) is 8.79. The number of hydrogen-bond acceptors (Lipinski definition) is 4. The summed E-state index contributed by atoms with van der Waals surface area (Å²) in [5.41, 5.74) is 1.47. The zero-order valence-corrected chi connectivity index (χ0v) is 17.0. The summed E-state index contributed by atoms with van der Waals surface area (Å²) in [6.45, 7) is 1.66. The molecule has 146 valence electrons. The summed E-state index contributed by atoms with van der Waals surface area (Å²) in [6, 6.07) is 15.5. The van der Waals surface area contributed by atoms with Crippen molar-refractivity contribution in [3.63, 3.8) is 0 Å². The molecule has 0 radical (unpaired) electrons. The van der Waals surface area contributed by atoms with Gasteiger partial charge < -0.3 is 5.32 Å². The number of nitrogens with zero attached hydrogens (tertiary/aromatic N) is 2. The van der Waals surface area contributed by atoms with E-state index in [4.69, 9.17) is 11.6 Å². The summed E-state index contributed by atoms with van der Waals surface area (Å²) in [7, 11) is 0. The van der Waals surface area contributed by atoms with Crippen LogP contribution >= 0.6 is 22.9 Å². The van der Waals surface area contributed by atoms with Crippen LogP contribution in [-0.2, 0) is 11.3 Å². The zero-order chi connectivity index (χ0) is 20.5. The predicted octanol–water partition coefficient (Wildman–Crippen LogP) is 3.81. The van der Waals surface area contributed by atoms with Gasteiger partial charge in [0.1, 0.15) is 11.2 Å². The summed E-state index contributed by atoms with van der Waals surface area (Å²) in [5.74, 6) is -0.378. The summed E-state index contributed by atoms with van der Waals surface area (Å²) in [6.07, 6.45) is 0. The van der Waals surface area contributed by atoms with Crippen LogP contribution in [0.2, 0.25) is 5.02 Å². The van der Waals surface area contributed by atoms with Gasteiger partial charge in [-0.05, 0) is 60.3 Å². The number of hydrogen-bond donors (Lipinski definition) is 1. The van der Waals surface area contributed by atoms with E-state index in [1.165, 1.54) is 15.9 Å². The number of carbonyl (C=O) groups excluding carboxylic acids is 1. The van der Waals surface area contributed by atoms with Crippen molar-refractivity contribution in [2.24, 2.45) is 0 Å². The fraction of sp³-hybridized carbons (Fsp3) is 0.0952. The van der Waals surface area contributed by atoms with Gasteiger partial charge in [0, 0.05) is 10.7 Å². The lowest BCUT2D eigenvalue weighted by Crippen LogP contribution is -2.40. The summed E-state index contributed by atoms with van der Waals surface area (Å²) in [5, 5.41) is 5.04. The minimum atomic E-state index is -0.558. The number of halogens is 1. The van der Waals surface area contributed by atoms with E-state index in [2.05, 4.69) is 5.32 Å². The third kappa shape index (κ3) is 3.74. The van der Waals surface area contributed by atoms with Gasteiger partial charge in [-0.2, -0.15) is 0 Å². The first-order chi connectivity index (χ1) is 13.9. The average molecular weight is 426 g/mol. The second-order valence-electron chi connectivity index (χ2n) is 6.54. The molecule has 1 N–H and O–H groups in total. The molecule has 0 aliphatic heterocycles. The highest BCUT2D eigenvalue weighted by Gasteiger charge is 2.17. The number of anilines is 1. The molecule has 0 unspecified atom stereocenters. The number of thiophene rings is 1. The molecule has 0 saturated heterocycles. The Morgan fingerprint density at radius 1 is 1.10 bits per heavy atom. The molecule has 1 amide bonds. The Hall–Kier alpha value is -3.16. The van der Waals surface area contributed by atoms with Gasteiger partial charge in [0.2, 0.25) is 5.91 Å². The van der Waals surface area contributed by atoms with Crippen LogP contribution in [0.5, 0.6) is 0 Å². The molecule has 0 saturated carbocycles. The van der Waals surface area contributed by atoms with Crippen molar-refractivity contribution in [1.82, 2.24) is 9.13 Å². The monoisotopic (exact) mass is 425 g/mol. The number of aryl methyl sites for hydroxylation is 1. The maximum Gasteiger partial charge on any atom is 0.336 e. The number of fused-ring (bicyclic) bond motifs is 1. The number of carbonyl (C=O) groups is 1. The fourth-order valence-corrected chi connectivity index (χ4v) is 4.06. The Morgan fingerprint density at radius 3 is 2.59 bits per heavy atom. The highest BCUT2D eigenvalue weighted by Crippen LogP contribution is 2.17. The van der Waals surface area contributed by atoms with Gasteiger partial charge in [-0.25, -0.2) is 9.36 Å². The van der Waals surface area contributed by atoms with Gasteiger partial charge in [-0.1, -0.05) is 23.7 Å². The molecule has 6 nitrogen and oxygen atoms in total. The molecule has 0 aliphatic rings. The Bertz CT molecular complexity index is 1340. The molecule has 2 heterocycles. The van der Waals surface area contributed by atoms with Gasteiger partial charge in [0.05, 0.1) is 11.2 Å². The van der Waals surface area contributed by atoms with Crippen LogP contribution in [0.15, 0.2) is 69.6 Å². The Balaban J connectivity index is 1.79. The second-order valence-corrected chi connectivity index (χ2v) is 7.89. The molecule has 4 aromatic rings. The lowest BCUT2D eigenvalue weighted by molar-refractivity contribution is -0.116. The van der Waals surface area contributed by atoms with Crippen LogP contribution in [-0.4, -0.2) is 15.0 Å². The molecule has 0 aliphatic carbocycles. The van der Waals surface area contributed by atoms with E-state index in [1.54, 1.807) is 53.9 Å². The van der Waals surface area contributed by atoms with Gasteiger partial charge in [0.15, 0.2) is 0 Å². The lowest BCUT2D eigenvalue weighted by atomic mass is 10.2. The molecule has 0 spiro atoms. The standard InChI is InChI=1S/C21H16ClN3O3S/c1-13-3-2-4-16(11-13)25-20(27)19-17(9-10-29-19)24(21(25)28)12-18(26)23-15-7-5-14(22)6-8-15/h2-11H,12H2,1H3,(H,23,26). The number of amides is 1. The highest BCUT2D eigenvalue weighted by atomic mass is 35.5. The van der Waals surface area contributed by atoms with E-state index in [-0.39, 0.29) is 18.0 Å². The molecule has 2 aromatic heterocycles. The van der Waals surface area contributed by atoms with Crippen molar-refractivity contribution in [2.45, 2.75) is 13.5 Å². The molecular formula is C21H16ClN3O3S. The predicted molar refractivity (Wildman–Crippen MR) is 117 cm³/mol. The van der Waals surface area contributed by atoms with Crippen LogP contribution in [0, 0.1) is 6.92 Å². The lowest BCUT2D eigenvalue weighted by Gasteiger charge is -2.13. The van der Waals surface area contributed by atoms with Gasteiger partial charge in [-0.15, -0.1) is 11.3 Å². The maximum absolute atomic E-state index is 13.2. The first kappa shape index (κ1) is 19.2. The molecule has 8 heteroatoms. The Kier molecular flexibility index (Phi) is 5.08. The molecule has 2 aromatic carbocycles. The normalized spacial score (nSPS) is 11.0. The Morgan fingerprint density at radius 2 is 1.86 bits per heavy atom. The fourth-order valence-electron chi connectivity index (χ4n) is 3.11. The van der Waals surface area contributed by atoms with Crippen LogP contribution in [0.3, 0.4) is 0 Å². The van der Waals surface area contributed by atoms with Gasteiger partial charge >= 0.3 is 5.69 Å². The molecule has 0 fully saturated rings. The van der Waals surface area contributed by atoms with E-state index in [1.807, 2.05) is 13.0 Å². The quantitative estimate of drug-likeness (QED) is 0.540. The Labute approximate surface area is 174 Å². The molecule has 4 rings (SSSR count). The first-order valence-corrected chi connectivity index (χ1v) is 10.1. The smallest absolute Gasteiger partial charge is 0.325 e. The van der Waals surface area contributed by atoms with Crippen molar-refractivity contribution in [3.8, 4) is 5.69 Å². The van der Waals surface area contributed by atoms with E-state index in [9.17, 15) is 14.4 Å². The number of nitrogens with one attached hydrogen (secondary N) is 1. The van der Waals surface area contributed by atoms with Crippen LogP contribution < -0.4 is 16.6 Å². The second kappa shape index (κ2) is 7.69. The van der Waals surface area contributed by atoms with Crippen LogP contribution in [0.25, 0.3) is 15.9 Å². The summed E-state index contributed by atoms with van der Waals surface area (Å²) < 4.78 is 2.85. The minimum absolute atomic E-state index is 0.221. The van der Waals surface area contributed by atoms with E-state index < -0.39 is 5.69 Å². The zero-order valence-electron chi connectivity index (χ0n) is 15.4. The van der Waals surface area contributed by atoms with Crippen molar-refractivity contribution >= 4 is 44.7 Å². The average Bonchev–Trinajstić information content (AvgIpc) is 3.17. The molecule has 29 heavy (non-hydrogen) atoms. The molecular weight excluding hydrogens is 410 g/mol. The van der Waals surface area contributed by atoms with Crippen LogP contribution in [0.1, 0.15) is 5.56 Å². The summed E-state index contributed by atoms with van der Waals surface area (Å²) in [4.78, 5) is 38.7. The van der Waals surface area contributed by atoms with Crippen LogP contribution in [0.4, 0.5) is 5.69 Å². The highest BCUT2D eigenvalue weighted by molar-refractivity contribution is 7.17. The third-order valence-electron chi connectivity index (χ3n) is 4.44. The maximum atomic E-state index is 13.2. The summed E-state index contributed by atoms with van der Waals surface area (Å²) >= 11 is 7.11. The SMILES string of the molecule is Cc1cccc(-n2c(=O)c3sccc3n(CC(=O)Nc3ccc(Cl)cc3)c2=O)c1. The number of benzene rings is 2. The van der Waals surface area contributed by atoms with Gasteiger partial charge in [-0.3, -0.25) is 14.2 Å². The third-order valence-corrected chi connectivity index (χ3v) is 5.59. The largest absolute Gasteiger partial charge is 0.336 e. The van der Waals surface area contributed by atoms with Crippen molar-refractivity contribution in [1.29, 1.82) is 0 Å². The number of aromatic nitrogens is 2. The minimum Gasteiger partial charge on any atom is -0.325 e. The van der Waals surface area contributed by atoms with E-state index in [0.29, 0.717) is 26.6 Å². The van der Waals surface area contributed by atoms with E-state index >= 15 is 0 Å². The number of rotatable bonds is 4. The molecule has 0 bridgehead atoms. The molecule has 0 atom stereocenters. The van der Waals surface area contributed by atoms with E-state index in [0.717, 1.165) is 10.1 Å². The van der Waals surface area contributed by atoms with Crippen molar-refractivity contribution in [3.05, 3.63) is 91.4 Å².